The summed E-state index contributed by atoms with van der Waals surface area (Å²) in [5.41, 5.74) is 0.791. The largest absolute Gasteiger partial charge is 0.480 e. The average molecular weight is 338 g/mol. The van der Waals surface area contributed by atoms with Crippen LogP contribution in [0.2, 0.25) is 0 Å². The lowest BCUT2D eigenvalue weighted by Crippen LogP contribution is -2.39. The maximum atomic E-state index is 12.5. The number of hydrogen-bond acceptors (Lipinski definition) is 4. The number of fused-ring (bicyclic) bond motifs is 1. The highest BCUT2D eigenvalue weighted by Gasteiger charge is 2.30. The Hall–Kier alpha value is -1.89. The molecule has 2 rings (SSSR count). The monoisotopic (exact) mass is 338 g/mol. The zero-order valence-corrected chi connectivity index (χ0v) is 14.6. The first-order valence-electron chi connectivity index (χ1n) is 7.61. The predicted molar refractivity (Wildman–Crippen MR) is 89.0 cm³/mol. The summed E-state index contributed by atoms with van der Waals surface area (Å²) in [6.07, 6.45) is 2.64. The summed E-state index contributed by atoms with van der Waals surface area (Å²) >= 11 is 1.42. The number of carbonyl (C=O) groups is 3. The number of aryl methyl sites for hydroxylation is 1. The van der Waals surface area contributed by atoms with Crippen molar-refractivity contribution in [2.24, 2.45) is 5.41 Å². The number of hydrogen-bond donors (Lipinski definition) is 3. The van der Waals surface area contributed by atoms with E-state index in [0.29, 0.717) is 10.6 Å². The van der Waals surface area contributed by atoms with Crippen LogP contribution in [0.5, 0.6) is 0 Å². The molecule has 2 amide bonds. The van der Waals surface area contributed by atoms with Gasteiger partial charge in [-0.05, 0) is 31.7 Å². The molecule has 0 aromatic carbocycles. The Bertz CT molecular complexity index is 658. The van der Waals surface area contributed by atoms with Crippen molar-refractivity contribution < 1.29 is 19.5 Å². The Morgan fingerprint density at radius 2 is 1.87 bits per heavy atom. The molecule has 1 aliphatic carbocycles. The maximum Gasteiger partial charge on any atom is 0.325 e. The summed E-state index contributed by atoms with van der Waals surface area (Å²) in [6, 6.07) is -0.981. The molecule has 1 unspecified atom stereocenters. The third kappa shape index (κ3) is 3.72. The van der Waals surface area contributed by atoms with Gasteiger partial charge in [0, 0.05) is 10.3 Å². The molecule has 7 heteroatoms. The molecule has 23 heavy (non-hydrogen) atoms. The van der Waals surface area contributed by atoms with Gasteiger partial charge in [0.1, 0.15) is 11.0 Å². The van der Waals surface area contributed by atoms with E-state index in [-0.39, 0.29) is 5.91 Å². The summed E-state index contributed by atoms with van der Waals surface area (Å²) in [7, 11) is 0. The molecule has 0 radical (unpaired) electrons. The van der Waals surface area contributed by atoms with E-state index >= 15 is 0 Å². The normalized spacial score (nSPS) is 15.0. The molecule has 0 saturated heterocycles. The highest BCUT2D eigenvalue weighted by molar-refractivity contribution is 7.17. The van der Waals surface area contributed by atoms with Crippen molar-refractivity contribution in [3.63, 3.8) is 0 Å². The van der Waals surface area contributed by atoms with Crippen molar-refractivity contribution in [3.05, 3.63) is 16.0 Å². The molecular formula is C16H22N2O4S. The molecule has 0 spiro atoms. The second kappa shape index (κ2) is 6.31. The van der Waals surface area contributed by atoms with Crippen molar-refractivity contribution in [2.75, 3.05) is 5.32 Å². The lowest BCUT2D eigenvalue weighted by molar-refractivity contribution is -0.138. The van der Waals surface area contributed by atoms with E-state index in [2.05, 4.69) is 10.6 Å². The number of amides is 2. The number of carboxylic acid groups (broad SMARTS) is 1. The van der Waals surface area contributed by atoms with Gasteiger partial charge in [-0.3, -0.25) is 14.4 Å². The fraction of sp³-hybridized carbons (Fsp3) is 0.562. The Kier molecular flexibility index (Phi) is 4.79. The van der Waals surface area contributed by atoms with Crippen molar-refractivity contribution >= 4 is 34.1 Å². The van der Waals surface area contributed by atoms with Crippen LogP contribution >= 0.6 is 11.3 Å². The van der Waals surface area contributed by atoms with Gasteiger partial charge in [-0.2, -0.15) is 0 Å². The van der Waals surface area contributed by atoms with Gasteiger partial charge < -0.3 is 15.7 Å². The van der Waals surface area contributed by atoms with Gasteiger partial charge in [-0.1, -0.05) is 20.8 Å². The Labute approximate surface area is 139 Å². The van der Waals surface area contributed by atoms with Crippen LogP contribution in [0.25, 0.3) is 0 Å². The van der Waals surface area contributed by atoms with Crippen LogP contribution < -0.4 is 10.6 Å². The quantitative estimate of drug-likeness (QED) is 0.785. The average Bonchev–Trinajstić information content (AvgIpc) is 2.96. The molecule has 1 aliphatic rings. The molecule has 3 N–H and O–H groups in total. The molecule has 0 aliphatic heterocycles. The second-order valence-electron chi connectivity index (χ2n) is 6.80. The summed E-state index contributed by atoms with van der Waals surface area (Å²) in [5, 5.41) is 14.8. The molecule has 1 atom stereocenters. The number of carbonyl (C=O) groups excluding carboxylic acids is 2. The van der Waals surface area contributed by atoms with Gasteiger partial charge in [0.25, 0.3) is 5.91 Å². The van der Waals surface area contributed by atoms with Crippen LogP contribution in [0, 0.1) is 5.41 Å². The fourth-order valence-electron chi connectivity index (χ4n) is 2.35. The van der Waals surface area contributed by atoms with Crippen LogP contribution in [-0.4, -0.2) is 28.9 Å². The standard InChI is InChI=1S/C16H22N2O4S/c1-8(14(20)21)17-12(19)11-9-6-5-7-10(9)23-13(11)18-15(22)16(2,3)4/h8H,5-7H2,1-4H3,(H,17,19)(H,18,22)(H,20,21). The van der Waals surface area contributed by atoms with Crippen molar-refractivity contribution in [3.8, 4) is 0 Å². The summed E-state index contributed by atoms with van der Waals surface area (Å²) in [6.45, 7) is 6.82. The van der Waals surface area contributed by atoms with Crippen LogP contribution in [0.4, 0.5) is 5.00 Å². The lowest BCUT2D eigenvalue weighted by Gasteiger charge is -2.18. The smallest absolute Gasteiger partial charge is 0.325 e. The van der Waals surface area contributed by atoms with E-state index in [1.165, 1.54) is 18.3 Å². The highest BCUT2D eigenvalue weighted by atomic mass is 32.1. The third-order valence-corrected chi connectivity index (χ3v) is 4.98. The molecule has 0 bridgehead atoms. The Morgan fingerprint density at radius 3 is 2.43 bits per heavy atom. The Balaban J connectivity index is 2.32. The van der Waals surface area contributed by atoms with E-state index in [4.69, 9.17) is 5.11 Å². The summed E-state index contributed by atoms with van der Waals surface area (Å²) in [4.78, 5) is 36.8. The zero-order valence-electron chi connectivity index (χ0n) is 13.8. The van der Waals surface area contributed by atoms with Gasteiger partial charge in [0.15, 0.2) is 0 Å². The minimum Gasteiger partial charge on any atom is -0.480 e. The van der Waals surface area contributed by atoms with Crippen molar-refractivity contribution in [2.45, 2.75) is 53.0 Å². The molecule has 1 aromatic heterocycles. The molecule has 1 heterocycles. The van der Waals surface area contributed by atoms with Crippen LogP contribution in [0.1, 0.15) is 54.9 Å². The maximum absolute atomic E-state index is 12.5. The number of aliphatic carboxylic acids is 1. The van der Waals surface area contributed by atoms with Crippen LogP contribution in [-0.2, 0) is 22.4 Å². The van der Waals surface area contributed by atoms with Crippen LogP contribution in [0.3, 0.4) is 0 Å². The molecule has 126 valence electrons. The minimum absolute atomic E-state index is 0.169. The van der Waals surface area contributed by atoms with Gasteiger partial charge in [-0.25, -0.2) is 0 Å². The molecule has 0 saturated carbocycles. The molecular weight excluding hydrogens is 316 g/mol. The van der Waals surface area contributed by atoms with E-state index in [0.717, 1.165) is 29.7 Å². The number of rotatable bonds is 4. The molecule has 6 nitrogen and oxygen atoms in total. The summed E-state index contributed by atoms with van der Waals surface area (Å²) < 4.78 is 0. The topological polar surface area (TPSA) is 95.5 Å². The lowest BCUT2D eigenvalue weighted by atomic mass is 9.95. The SMILES string of the molecule is CC(NC(=O)c1c(NC(=O)C(C)(C)C)sc2c1CCC2)C(=O)O. The zero-order chi connectivity index (χ0) is 17.4. The van der Waals surface area contributed by atoms with Gasteiger partial charge in [-0.15, -0.1) is 11.3 Å². The third-order valence-electron chi connectivity index (χ3n) is 3.77. The van der Waals surface area contributed by atoms with E-state index in [9.17, 15) is 14.4 Å². The summed E-state index contributed by atoms with van der Waals surface area (Å²) in [5.74, 6) is -1.70. The Morgan fingerprint density at radius 1 is 1.22 bits per heavy atom. The van der Waals surface area contributed by atoms with E-state index in [1.54, 1.807) is 20.8 Å². The van der Waals surface area contributed by atoms with Crippen LogP contribution in [0.15, 0.2) is 0 Å². The van der Waals surface area contributed by atoms with Gasteiger partial charge in [0.2, 0.25) is 5.91 Å². The number of thiophene rings is 1. The fourth-order valence-corrected chi connectivity index (χ4v) is 3.64. The molecule has 1 aromatic rings. The highest BCUT2D eigenvalue weighted by Crippen LogP contribution is 2.39. The number of nitrogens with one attached hydrogen (secondary N) is 2. The van der Waals surface area contributed by atoms with Crippen molar-refractivity contribution in [1.29, 1.82) is 0 Å². The number of carboxylic acids is 1. The predicted octanol–water partition coefficient (Wildman–Crippen LogP) is 2.42. The van der Waals surface area contributed by atoms with Gasteiger partial charge >= 0.3 is 5.97 Å². The minimum atomic E-state index is -1.09. The molecule has 0 fully saturated rings. The first kappa shape index (κ1) is 17.5. The first-order valence-corrected chi connectivity index (χ1v) is 8.42. The van der Waals surface area contributed by atoms with Gasteiger partial charge in [0.05, 0.1) is 5.56 Å². The van der Waals surface area contributed by atoms with E-state index < -0.39 is 23.3 Å². The van der Waals surface area contributed by atoms with Crippen molar-refractivity contribution in [1.82, 2.24) is 5.32 Å². The second-order valence-corrected chi connectivity index (χ2v) is 7.90. The number of anilines is 1. The first-order chi connectivity index (χ1) is 10.6. The van der Waals surface area contributed by atoms with E-state index in [1.807, 2.05) is 0 Å².